The SMILES string of the molecule is COc1cc(C=CCS)ccn1. The molecule has 0 amide bonds. The van der Waals surface area contributed by atoms with Gasteiger partial charge in [-0.15, -0.1) is 0 Å². The molecule has 1 aromatic heterocycles. The molecule has 3 heteroatoms. The lowest BCUT2D eigenvalue weighted by Gasteiger charge is -1.97. The predicted molar refractivity (Wildman–Crippen MR) is 53.7 cm³/mol. The Morgan fingerprint density at radius 1 is 1.67 bits per heavy atom. The summed E-state index contributed by atoms with van der Waals surface area (Å²) in [5.41, 5.74) is 1.08. The Morgan fingerprint density at radius 3 is 3.17 bits per heavy atom. The average Bonchev–Trinajstić information content (AvgIpc) is 2.15. The fraction of sp³-hybridized carbons (Fsp3) is 0.222. The van der Waals surface area contributed by atoms with Gasteiger partial charge in [0.1, 0.15) is 0 Å². The van der Waals surface area contributed by atoms with Crippen molar-refractivity contribution in [3.05, 3.63) is 30.0 Å². The number of aromatic nitrogens is 1. The molecular weight excluding hydrogens is 170 g/mol. The maximum absolute atomic E-state index is 4.97. The van der Waals surface area contributed by atoms with Crippen molar-refractivity contribution >= 4 is 18.7 Å². The van der Waals surface area contributed by atoms with E-state index in [-0.39, 0.29) is 0 Å². The smallest absolute Gasteiger partial charge is 0.213 e. The summed E-state index contributed by atoms with van der Waals surface area (Å²) in [4.78, 5) is 3.99. The minimum Gasteiger partial charge on any atom is -0.481 e. The first-order chi connectivity index (χ1) is 5.86. The van der Waals surface area contributed by atoms with E-state index in [2.05, 4.69) is 17.6 Å². The van der Waals surface area contributed by atoms with Gasteiger partial charge in [-0.05, 0) is 11.6 Å². The molecule has 0 radical (unpaired) electrons. The molecule has 64 valence electrons. The highest BCUT2D eigenvalue weighted by atomic mass is 32.1. The van der Waals surface area contributed by atoms with Crippen LogP contribution >= 0.6 is 12.6 Å². The molecule has 0 aliphatic heterocycles. The summed E-state index contributed by atoms with van der Waals surface area (Å²) in [5, 5.41) is 0. The first-order valence-electron chi connectivity index (χ1n) is 3.64. The fourth-order valence-corrected chi connectivity index (χ4v) is 0.934. The summed E-state index contributed by atoms with van der Waals surface area (Å²) in [6, 6.07) is 3.79. The van der Waals surface area contributed by atoms with Gasteiger partial charge in [0.25, 0.3) is 0 Å². The van der Waals surface area contributed by atoms with E-state index in [0.29, 0.717) is 5.88 Å². The fourth-order valence-electron chi connectivity index (χ4n) is 0.829. The molecule has 0 bridgehead atoms. The molecule has 0 saturated heterocycles. The lowest BCUT2D eigenvalue weighted by Crippen LogP contribution is -1.86. The number of nitrogens with zero attached hydrogens (tertiary/aromatic N) is 1. The third-order valence-corrected chi connectivity index (χ3v) is 1.59. The minimum absolute atomic E-state index is 0.635. The van der Waals surface area contributed by atoms with E-state index in [4.69, 9.17) is 4.74 Å². The van der Waals surface area contributed by atoms with Crippen LogP contribution in [0, 0.1) is 0 Å². The number of hydrogen-bond acceptors (Lipinski definition) is 3. The van der Waals surface area contributed by atoms with E-state index in [1.807, 2.05) is 24.3 Å². The van der Waals surface area contributed by atoms with Crippen LogP contribution in [0.2, 0.25) is 0 Å². The Bertz CT molecular complexity index is 273. The van der Waals surface area contributed by atoms with Crippen molar-refractivity contribution in [2.45, 2.75) is 0 Å². The molecule has 0 atom stereocenters. The van der Waals surface area contributed by atoms with Gasteiger partial charge in [-0.1, -0.05) is 12.2 Å². The maximum atomic E-state index is 4.97. The largest absolute Gasteiger partial charge is 0.481 e. The van der Waals surface area contributed by atoms with Gasteiger partial charge in [0.05, 0.1) is 7.11 Å². The second kappa shape index (κ2) is 4.83. The molecule has 0 unspecified atom stereocenters. The van der Waals surface area contributed by atoms with Gasteiger partial charge in [0.15, 0.2) is 0 Å². The van der Waals surface area contributed by atoms with Crippen molar-refractivity contribution < 1.29 is 4.74 Å². The van der Waals surface area contributed by atoms with Crippen LogP contribution in [0.5, 0.6) is 5.88 Å². The first-order valence-corrected chi connectivity index (χ1v) is 4.27. The van der Waals surface area contributed by atoms with Gasteiger partial charge in [-0.25, -0.2) is 4.98 Å². The van der Waals surface area contributed by atoms with E-state index in [0.717, 1.165) is 11.3 Å². The van der Waals surface area contributed by atoms with Crippen LogP contribution in [0.25, 0.3) is 6.08 Å². The molecule has 1 heterocycles. The molecule has 0 aliphatic rings. The van der Waals surface area contributed by atoms with Crippen LogP contribution < -0.4 is 4.74 Å². The van der Waals surface area contributed by atoms with Gasteiger partial charge >= 0.3 is 0 Å². The number of ether oxygens (including phenoxy) is 1. The second-order valence-electron chi connectivity index (χ2n) is 2.22. The normalized spacial score (nSPS) is 10.5. The van der Waals surface area contributed by atoms with Crippen LogP contribution in [-0.2, 0) is 0 Å². The Labute approximate surface area is 77.7 Å². The Balaban J connectivity index is 2.79. The average molecular weight is 181 g/mol. The lowest BCUT2D eigenvalue weighted by molar-refractivity contribution is 0.398. The zero-order chi connectivity index (χ0) is 8.81. The highest BCUT2D eigenvalue weighted by molar-refractivity contribution is 7.80. The third kappa shape index (κ3) is 2.58. The van der Waals surface area contributed by atoms with Gasteiger partial charge in [-0.2, -0.15) is 12.6 Å². The maximum Gasteiger partial charge on any atom is 0.213 e. The molecule has 0 aliphatic carbocycles. The van der Waals surface area contributed by atoms with Crippen LogP contribution in [0.3, 0.4) is 0 Å². The summed E-state index contributed by atoms with van der Waals surface area (Å²) in [6.45, 7) is 0. The zero-order valence-electron chi connectivity index (χ0n) is 6.90. The quantitative estimate of drug-likeness (QED) is 0.721. The monoisotopic (exact) mass is 181 g/mol. The Kier molecular flexibility index (Phi) is 3.67. The van der Waals surface area contributed by atoms with E-state index in [1.165, 1.54) is 0 Å². The predicted octanol–water partition coefficient (Wildman–Crippen LogP) is 2.03. The lowest BCUT2D eigenvalue weighted by atomic mass is 10.2. The number of hydrogen-bond donors (Lipinski definition) is 1. The minimum atomic E-state index is 0.635. The van der Waals surface area contributed by atoms with Crippen molar-refractivity contribution in [1.29, 1.82) is 0 Å². The highest BCUT2D eigenvalue weighted by Gasteiger charge is 1.91. The van der Waals surface area contributed by atoms with Crippen LogP contribution in [0.15, 0.2) is 24.4 Å². The van der Waals surface area contributed by atoms with Crippen molar-refractivity contribution in [1.82, 2.24) is 4.98 Å². The van der Waals surface area contributed by atoms with Gasteiger partial charge < -0.3 is 4.74 Å². The standard InChI is InChI=1S/C9H11NOS/c1-11-9-7-8(3-2-6-12)4-5-10-9/h2-5,7,12H,6H2,1H3. The van der Waals surface area contributed by atoms with E-state index >= 15 is 0 Å². The van der Waals surface area contributed by atoms with Crippen molar-refractivity contribution in [3.63, 3.8) is 0 Å². The number of methoxy groups -OCH3 is 1. The first kappa shape index (κ1) is 9.13. The van der Waals surface area contributed by atoms with E-state index in [9.17, 15) is 0 Å². The molecule has 0 N–H and O–H groups in total. The summed E-state index contributed by atoms with van der Waals surface area (Å²) in [7, 11) is 1.61. The second-order valence-corrected chi connectivity index (χ2v) is 2.58. The molecule has 12 heavy (non-hydrogen) atoms. The molecule has 0 fully saturated rings. The Hall–Kier alpha value is -0.960. The van der Waals surface area contributed by atoms with Crippen molar-refractivity contribution in [2.75, 3.05) is 12.9 Å². The van der Waals surface area contributed by atoms with Crippen LogP contribution in [-0.4, -0.2) is 17.8 Å². The molecular formula is C9H11NOS. The molecule has 0 aromatic carbocycles. The molecule has 1 aromatic rings. The summed E-state index contributed by atoms with van der Waals surface area (Å²) in [5.74, 6) is 1.38. The summed E-state index contributed by atoms with van der Waals surface area (Å²) in [6.07, 6.45) is 5.67. The molecule has 0 spiro atoms. The van der Waals surface area contributed by atoms with Crippen LogP contribution in [0.4, 0.5) is 0 Å². The van der Waals surface area contributed by atoms with Gasteiger partial charge in [0.2, 0.25) is 5.88 Å². The highest BCUT2D eigenvalue weighted by Crippen LogP contribution is 2.09. The van der Waals surface area contributed by atoms with Crippen molar-refractivity contribution in [2.24, 2.45) is 0 Å². The number of rotatable bonds is 3. The molecule has 2 nitrogen and oxygen atoms in total. The van der Waals surface area contributed by atoms with Gasteiger partial charge in [-0.3, -0.25) is 0 Å². The third-order valence-electron chi connectivity index (χ3n) is 1.38. The Morgan fingerprint density at radius 2 is 2.50 bits per heavy atom. The van der Waals surface area contributed by atoms with Crippen LogP contribution in [0.1, 0.15) is 5.56 Å². The topological polar surface area (TPSA) is 22.1 Å². The van der Waals surface area contributed by atoms with Gasteiger partial charge in [0, 0.05) is 18.0 Å². The summed E-state index contributed by atoms with van der Waals surface area (Å²) >= 11 is 4.07. The van der Waals surface area contributed by atoms with E-state index < -0.39 is 0 Å². The van der Waals surface area contributed by atoms with E-state index in [1.54, 1.807) is 13.3 Å². The number of pyridine rings is 1. The zero-order valence-corrected chi connectivity index (χ0v) is 7.79. The summed E-state index contributed by atoms with van der Waals surface area (Å²) < 4.78 is 4.97. The number of thiol groups is 1. The van der Waals surface area contributed by atoms with Crippen molar-refractivity contribution in [3.8, 4) is 5.88 Å². The molecule has 0 saturated carbocycles. The molecule has 1 rings (SSSR count).